The van der Waals surface area contributed by atoms with Crippen molar-refractivity contribution in [1.82, 2.24) is 0 Å². The van der Waals surface area contributed by atoms with Gasteiger partial charge in [-0.05, 0) is 37.0 Å². The van der Waals surface area contributed by atoms with E-state index < -0.39 is 0 Å². The van der Waals surface area contributed by atoms with Crippen LogP contribution in [0.15, 0.2) is 11.8 Å². The standard InChI is InChI=1S/C19H30O3/c1-6-12-11-18(8-3)17-16(12)13(7-2)19(17,9-4)14(22-18)10-15(20)21-5/h10,12-13,16-17H,6-9,11H2,1-5H3/b14-10-/t12-,13-,16-,17+,18-,19-/m0/s1. The SMILES string of the molecule is CC[C@H]1C[C@]2(CC)O/C(=C\C(=O)OC)[C@@]3(CC)[C@@H]2[C@@H]1[C@@H]3CC. The minimum atomic E-state index is -0.278. The predicted octanol–water partition coefficient (Wildman–Crippen LogP) is 4.32. The zero-order valence-electron chi connectivity index (χ0n) is 14.6. The molecule has 1 heterocycles. The summed E-state index contributed by atoms with van der Waals surface area (Å²) in [5, 5.41) is 0. The van der Waals surface area contributed by atoms with E-state index in [1.807, 2.05) is 0 Å². The molecule has 0 bridgehead atoms. The molecule has 3 nitrogen and oxygen atoms in total. The molecule has 3 fully saturated rings. The summed E-state index contributed by atoms with van der Waals surface area (Å²) in [5.41, 5.74) is 0.0421. The summed E-state index contributed by atoms with van der Waals surface area (Å²) >= 11 is 0. The molecule has 1 aliphatic heterocycles. The Morgan fingerprint density at radius 2 is 2.00 bits per heavy atom. The smallest absolute Gasteiger partial charge is 0.333 e. The van der Waals surface area contributed by atoms with Crippen LogP contribution in [0.4, 0.5) is 0 Å². The van der Waals surface area contributed by atoms with Crippen LogP contribution in [0.5, 0.6) is 0 Å². The summed E-state index contributed by atoms with van der Waals surface area (Å²) in [6, 6.07) is 0. The normalized spacial score (nSPS) is 47.0. The zero-order valence-corrected chi connectivity index (χ0v) is 14.6. The Kier molecular flexibility index (Phi) is 3.81. The average Bonchev–Trinajstić information content (AvgIpc) is 2.90. The van der Waals surface area contributed by atoms with E-state index in [0.717, 1.165) is 36.9 Å². The highest BCUT2D eigenvalue weighted by atomic mass is 16.5. The van der Waals surface area contributed by atoms with Gasteiger partial charge in [0, 0.05) is 11.3 Å². The highest BCUT2D eigenvalue weighted by Crippen LogP contribution is 2.78. The Hall–Kier alpha value is -0.990. The molecule has 22 heavy (non-hydrogen) atoms. The van der Waals surface area contributed by atoms with Crippen molar-refractivity contribution < 1.29 is 14.3 Å². The van der Waals surface area contributed by atoms with Gasteiger partial charge in [0.05, 0.1) is 13.2 Å². The minimum absolute atomic E-state index is 0.0348. The highest BCUT2D eigenvalue weighted by molar-refractivity contribution is 5.82. The van der Waals surface area contributed by atoms with Gasteiger partial charge in [0.25, 0.3) is 0 Å². The lowest BCUT2D eigenvalue weighted by Gasteiger charge is -2.58. The van der Waals surface area contributed by atoms with Gasteiger partial charge in [-0.3, -0.25) is 0 Å². The molecule has 0 aromatic carbocycles. The Morgan fingerprint density at radius 3 is 2.50 bits per heavy atom. The van der Waals surface area contributed by atoms with E-state index in [2.05, 4.69) is 27.7 Å². The van der Waals surface area contributed by atoms with Gasteiger partial charge in [-0.2, -0.15) is 0 Å². The van der Waals surface area contributed by atoms with Crippen LogP contribution >= 0.6 is 0 Å². The van der Waals surface area contributed by atoms with Crippen molar-refractivity contribution in [3.8, 4) is 0 Å². The minimum Gasteiger partial charge on any atom is -0.490 e. The molecule has 0 N–H and O–H groups in total. The van der Waals surface area contributed by atoms with Crippen molar-refractivity contribution in [2.75, 3.05) is 7.11 Å². The largest absolute Gasteiger partial charge is 0.490 e. The Bertz CT molecular complexity index is 497. The first-order chi connectivity index (χ1) is 10.5. The van der Waals surface area contributed by atoms with Crippen molar-refractivity contribution in [3.05, 3.63) is 11.8 Å². The number of allylic oxidation sites excluding steroid dienone is 1. The molecule has 0 amide bonds. The quantitative estimate of drug-likeness (QED) is 0.560. The lowest BCUT2D eigenvalue weighted by molar-refractivity contribution is -0.135. The topological polar surface area (TPSA) is 35.5 Å². The summed E-state index contributed by atoms with van der Waals surface area (Å²) in [5.74, 6) is 3.46. The van der Waals surface area contributed by atoms with Gasteiger partial charge >= 0.3 is 5.97 Å². The molecular formula is C19H30O3. The third-order valence-corrected chi connectivity index (χ3v) is 7.15. The van der Waals surface area contributed by atoms with E-state index in [0.29, 0.717) is 11.8 Å². The van der Waals surface area contributed by atoms with E-state index in [1.165, 1.54) is 20.0 Å². The van der Waals surface area contributed by atoms with Gasteiger partial charge in [-0.15, -0.1) is 0 Å². The summed E-state index contributed by atoms with van der Waals surface area (Å²) in [6.45, 7) is 9.12. The van der Waals surface area contributed by atoms with Gasteiger partial charge < -0.3 is 9.47 Å². The van der Waals surface area contributed by atoms with Crippen molar-refractivity contribution >= 4 is 5.97 Å². The molecule has 124 valence electrons. The van der Waals surface area contributed by atoms with Crippen molar-refractivity contribution in [2.45, 2.75) is 65.4 Å². The molecule has 2 aliphatic carbocycles. The fraction of sp³-hybridized carbons (Fsp3) is 0.842. The molecule has 0 unspecified atom stereocenters. The van der Waals surface area contributed by atoms with Gasteiger partial charge in [-0.25, -0.2) is 4.79 Å². The Balaban J connectivity index is 2.07. The molecule has 3 heteroatoms. The summed E-state index contributed by atoms with van der Waals surface area (Å²) in [7, 11) is 1.44. The van der Waals surface area contributed by atoms with E-state index >= 15 is 0 Å². The van der Waals surface area contributed by atoms with Crippen molar-refractivity contribution in [2.24, 2.45) is 29.1 Å². The number of hydrogen-bond donors (Lipinski definition) is 0. The van der Waals surface area contributed by atoms with Crippen LogP contribution in [0.25, 0.3) is 0 Å². The first kappa shape index (κ1) is 15.9. The number of esters is 1. The molecule has 3 rings (SSSR count). The monoisotopic (exact) mass is 306 g/mol. The van der Waals surface area contributed by atoms with Crippen LogP contribution in [0.1, 0.15) is 59.8 Å². The van der Waals surface area contributed by atoms with Crippen LogP contribution in [-0.4, -0.2) is 18.7 Å². The summed E-state index contributed by atoms with van der Waals surface area (Å²) in [4.78, 5) is 11.8. The third kappa shape index (κ3) is 1.66. The van der Waals surface area contributed by atoms with Crippen LogP contribution < -0.4 is 0 Å². The number of carbonyl (C=O) groups is 1. The summed E-state index contributed by atoms with van der Waals surface area (Å²) < 4.78 is 11.4. The first-order valence-electron chi connectivity index (χ1n) is 9.03. The van der Waals surface area contributed by atoms with Crippen LogP contribution in [0.2, 0.25) is 0 Å². The van der Waals surface area contributed by atoms with E-state index in [4.69, 9.17) is 9.47 Å². The first-order valence-corrected chi connectivity index (χ1v) is 9.03. The summed E-state index contributed by atoms with van der Waals surface area (Å²) in [6.07, 6.45) is 7.33. The molecule has 2 saturated carbocycles. The van der Waals surface area contributed by atoms with Gasteiger partial charge in [-0.1, -0.05) is 40.5 Å². The maximum Gasteiger partial charge on any atom is 0.333 e. The van der Waals surface area contributed by atoms with Gasteiger partial charge in [0.2, 0.25) is 0 Å². The Morgan fingerprint density at radius 1 is 1.27 bits per heavy atom. The molecular weight excluding hydrogens is 276 g/mol. The zero-order chi connectivity index (χ0) is 16.1. The molecule has 3 aliphatic rings. The number of carbonyl (C=O) groups excluding carboxylic acids is 1. The van der Waals surface area contributed by atoms with E-state index in [-0.39, 0.29) is 17.0 Å². The maximum atomic E-state index is 11.8. The Labute approximate surface area is 134 Å². The molecule has 0 radical (unpaired) electrons. The van der Waals surface area contributed by atoms with Crippen LogP contribution in [0, 0.1) is 29.1 Å². The number of rotatable bonds is 5. The molecule has 0 aromatic heterocycles. The molecule has 6 atom stereocenters. The second-order valence-electron chi connectivity index (χ2n) is 7.39. The second kappa shape index (κ2) is 5.28. The highest BCUT2D eigenvalue weighted by Gasteiger charge is 2.78. The fourth-order valence-corrected chi connectivity index (χ4v) is 6.39. The van der Waals surface area contributed by atoms with Crippen LogP contribution in [0.3, 0.4) is 0 Å². The third-order valence-electron chi connectivity index (χ3n) is 7.15. The number of methoxy groups -OCH3 is 1. The second-order valence-corrected chi connectivity index (χ2v) is 7.39. The number of ether oxygens (including phenoxy) is 2. The maximum absolute atomic E-state index is 11.8. The van der Waals surface area contributed by atoms with Crippen LogP contribution in [-0.2, 0) is 14.3 Å². The average molecular weight is 306 g/mol. The van der Waals surface area contributed by atoms with Gasteiger partial charge in [0.15, 0.2) is 0 Å². The van der Waals surface area contributed by atoms with Gasteiger partial charge in [0.1, 0.15) is 11.4 Å². The van der Waals surface area contributed by atoms with E-state index in [9.17, 15) is 4.79 Å². The molecule has 0 spiro atoms. The molecule has 0 aromatic rings. The van der Waals surface area contributed by atoms with Crippen molar-refractivity contribution in [1.29, 1.82) is 0 Å². The lowest BCUT2D eigenvalue weighted by Crippen LogP contribution is -2.57. The van der Waals surface area contributed by atoms with E-state index in [1.54, 1.807) is 6.08 Å². The van der Waals surface area contributed by atoms with Crippen molar-refractivity contribution in [3.63, 3.8) is 0 Å². The lowest BCUT2D eigenvalue weighted by atomic mass is 9.43. The fourth-order valence-electron chi connectivity index (χ4n) is 6.39. The number of hydrogen-bond acceptors (Lipinski definition) is 3. The molecule has 1 saturated heterocycles. The predicted molar refractivity (Wildman–Crippen MR) is 86.1 cm³/mol.